The average Bonchev–Trinajstić information content (AvgIpc) is 2.21. The Kier molecular flexibility index (Phi) is 8.83. The molecule has 0 aromatic heterocycles. The largest absolute Gasteiger partial charge is 0.190 e. The molecular weight excluding hydrogens is 291 g/mol. The van der Waals surface area contributed by atoms with E-state index in [0.29, 0.717) is 12.0 Å². The second kappa shape index (κ2) is 8.30. The van der Waals surface area contributed by atoms with Gasteiger partial charge in [-0.15, -0.1) is 0 Å². The highest BCUT2D eigenvalue weighted by atomic mass is 35.6. The molecular formula is C13H27Cl3Si. The first-order chi connectivity index (χ1) is 7.75. The summed E-state index contributed by atoms with van der Waals surface area (Å²) in [4.78, 5) is 0. The predicted molar refractivity (Wildman–Crippen MR) is 85.4 cm³/mol. The van der Waals surface area contributed by atoms with Crippen LogP contribution in [0.2, 0.25) is 24.2 Å². The van der Waals surface area contributed by atoms with Crippen molar-refractivity contribution in [2.24, 2.45) is 0 Å². The Balaban J connectivity index is 4.52. The minimum absolute atomic E-state index is 0.591. The van der Waals surface area contributed by atoms with Gasteiger partial charge >= 0.3 is 0 Å². The van der Waals surface area contributed by atoms with E-state index in [0.717, 1.165) is 0 Å². The van der Waals surface area contributed by atoms with Gasteiger partial charge in [-0.2, -0.15) is 0 Å². The molecule has 4 heteroatoms. The van der Waals surface area contributed by atoms with E-state index in [2.05, 4.69) is 27.3 Å². The molecule has 0 aromatic carbocycles. The van der Waals surface area contributed by atoms with Gasteiger partial charge in [-0.3, -0.25) is 0 Å². The number of unbranched alkanes of at least 4 members (excludes halogenated alkanes) is 2. The third-order valence-corrected chi connectivity index (χ3v) is 9.97. The van der Waals surface area contributed by atoms with E-state index >= 15 is 0 Å². The maximum absolute atomic E-state index is 5.96. The van der Waals surface area contributed by atoms with Gasteiger partial charge in [-0.05, 0) is 12.0 Å². The molecule has 0 bridgehead atoms. The van der Waals surface area contributed by atoms with E-state index in [9.17, 15) is 0 Å². The van der Waals surface area contributed by atoms with Crippen LogP contribution in [0, 0.1) is 0 Å². The summed E-state index contributed by atoms with van der Waals surface area (Å²) in [5.41, 5.74) is 0.591. The summed E-state index contributed by atoms with van der Waals surface area (Å²) >= 11 is 17.9. The van der Waals surface area contributed by atoms with E-state index in [-0.39, 0.29) is 0 Å². The summed E-state index contributed by atoms with van der Waals surface area (Å²) in [6, 6.07) is 2.76. The molecule has 0 spiro atoms. The summed E-state index contributed by atoms with van der Waals surface area (Å²) in [5, 5.41) is 0. The van der Waals surface area contributed by atoms with E-state index in [1.54, 1.807) is 0 Å². The highest BCUT2D eigenvalue weighted by Crippen LogP contribution is 2.43. The Bertz CT molecular complexity index is 193. The molecule has 0 N–H and O–H groups in total. The Morgan fingerprint density at radius 2 is 1.41 bits per heavy atom. The van der Waals surface area contributed by atoms with Crippen molar-refractivity contribution in [3.05, 3.63) is 0 Å². The highest BCUT2D eigenvalue weighted by molar-refractivity contribution is 6.80. The van der Waals surface area contributed by atoms with Crippen LogP contribution in [0.4, 0.5) is 0 Å². The fourth-order valence-electron chi connectivity index (χ4n) is 2.37. The van der Waals surface area contributed by atoms with Crippen LogP contribution in [0.5, 0.6) is 0 Å². The summed E-state index contributed by atoms with van der Waals surface area (Å²) in [6.07, 6.45) is 5.92. The van der Waals surface area contributed by atoms with Gasteiger partial charge in [0, 0.05) is 0 Å². The first kappa shape index (κ1) is 18.1. The van der Waals surface area contributed by atoms with E-state index in [1.165, 1.54) is 37.8 Å². The molecule has 0 aromatic rings. The van der Waals surface area contributed by atoms with Crippen LogP contribution in [0.25, 0.3) is 0 Å². The van der Waals surface area contributed by atoms with Crippen molar-refractivity contribution in [3.8, 4) is 0 Å². The van der Waals surface area contributed by atoms with Crippen molar-refractivity contribution >= 4 is 42.9 Å². The fraction of sp³-hybridized carbons (Fsp3) is 1.00. The molecule has 0 aliphatic rings. The van der Waals surface area contributed by atoms with Crippen molar-refractivity contribution < 1.29 is 0 Å². The molecule has 0 nitrogen and oxygen atoms in total. The van der Waals surface area contributed by atoms with Crippen LogP contribution in [0.1, 0.15) is 52.9 Å². The van der Waals surface area contributed by atoms with Gasteiger partial charge < -0.3 is 0 Å². The first-order valence-corrected chi connectivity index (χ1v) is 10.9. The van der Waals surface area contributed by atoms with Crippen LogP contribution < -0.4 is 0 Å². The van der Waals surface area contributed by atoms with Crippen molar-refractivity contribution in [1.82, 2.24) is 0 Å². The lowest BCUT2D eigenvalue weighted by Crippen LogP contribution is -2.36. The Morgan fingerprint density at radius 3 is 1.71 bits per heavy atom. The van der Waals surface area contributed by atoms with Gasteiger partial charge in [0.2, 0.25) is 0 Å². The minimum atomic E-state index is -1.26. The lowest BCUT2D eigenvalue weighted by Gasteiger charge is -2.35. The normalized spacial score (nSPS) is 15.0. The van der Waals surface area contributed by atoms with Crippen LogP contribution in [0.3, 0.4) is 0 Å². The zero-order valence-electron chi connectivity index (χ0n) is 11.7. The van der Waals surface area contributed by atoms with Gasteiger partial charge in [0.05, 0.1) is 8.07 Å². The van der Waals surface area contributed by atoms with Crippen molar-refractivity contribution in [1.29, 1.82) is 0 Å². The number of halogens is 3. The number of rotatable bonds is 8. The molecule has 1 unspecified atom stereocenters. The van der Waals surface area contributed by atoms with Crippen LogP contribution in [-0.4, -0.2) is 11.9 Å². The molecule has 0 radical (unpaired) electrons. The van der Waals surface area contributed by atoms with Gasteiger partial charge in [-0.1, -0.05) is 99.9 Å². The van der Waals surface area contributed by atoms with Crippen LogP contribution in [0.15, 0.2) is 0 Å². The van der Waals surface area contributed by atoms with E-state index in [4.69, 9.17) is 34.8 Å². The monoisotopic (exact) mass is 316 g/mol. The highest BCUT2D eigenvalue weighted by Gasteiger charge is 2.36. The third-order valence-electron chi connectivity index (χ3n) is 3.93. The smallest absolute Gasteiger partial charge is 0.0837 e. The molecule has 1 atom stereocenters. The maximum Gasteiger partial charge on any atom is 0.190 e. The van der Waals surface area contributed by atoms with E-state index < -0.39 is 11.9 Å². The first-order valence-electron chi connectivity index (χ1n) is 6.82. The number of hydrogen-bond acceptors (Lipinski definition) is 0. The van der Waals surface area contributed by atoms with Gasteiger partial charge in [0.15, 0.2) is 3.79 Å². The molecule has 104 valence electrons. The second-order valence-electron chi connectivity index (χ2n) is 5.58. The number of hydrogen-bond donors (Lipinski definition) is 0. The lowest BCUT2D eigenvalue weighted by molar-refractivity contribution is 0.737. The van der Waals surface area contributed by atoms with Gasteiger partial charge in [-0.25, -0.2) is 0 Å². The quantitative estimate of drug-likeness (QED) is 0.340. The molecule has 0 heterocycles. The number of alkyl halides is 3. The third kappa shape index (κ3) is 7.97. The van der Waals surface area contributed by atoms with Crippen molar-refractivity contribution in [3.63, 3.8) is 0 Å². The summed E-state index contributed by atoms with van der Waals surface area (Å²) in [7, 11) is -1.26. The Hall–Kier alpha value is 1.09. The van der Waals surface area contributed by atoms with Crippen LogP contribution >= 0.6 is 34.8 Å². The molecule has 0 saturated heterocycles. The predicted octanol–water partition coefficient (Wildman–Crippen LogP) is 6.82. The van der Waals surface area contributed by atoms with Crippen molar-refractivity contribution in [2.45, 2.75) is 80.8 Å². The van der Waals surface area contributed by atoms with Crippen LogP contribution in [-0.2, 0) is 0 Å². The standard InChI is InChI=1S/C13H27Cl3Si/c1-5-7-9-17(4,10-8-6-2)12(3)11-13(14,15)16/h12H,5-11H2,1-4H3. The van der Waals surface area contributed by atoms with Crippen molar-refractivity contribution in [2.75, 3.05) is 0 Å². The molecule has 0 fully saturated rings. The molecule has 0 saturated carbocycles. The van der Waals surface area contributed by atoms with Gasteiger partial charge in [0.25, 0.3) is 0 Å². The van der Waals surface area contributed by atoms with Gasteiger partial charge in [0.1, 0.15) is 0 Å². The zero-order valence-corrected chi connectivity index (χ0v) is 14.9. The minimum Gasteiger partial charge on any atom is -0.0837 e. The zero-order chi connectivity index (χ0) is 13.5. The Labute approximate surface area is 123 Å². The topological polar surface area (TPSA) is 0 Å². The molecule has 17 heavy (non-hydrogen) atoms. The Morgan fingerprint density at radius 1 is 1.00 bits per heavy atom. The molecule has 0 amide bonds. The summed E-state index contributed by atoms with van der Waals surface area (Å²) < 4.78 is -1.08. The molecule has 0 aliphatic heterocycles. The maximum atomic E-state index is 5.96. The average molecular weight is 318 g/mol. The molecule has 0 aliphatic carbocycles. The SMILES string of the molecule is CCCC[Si](C)(CCCC)C(C)CC(Cl)(Cl)Cl. The lowest BCUT2D eigenvalue weighted by atomic mass is 10.3. The summed E-state index contributed by atoms with van der Waals surface area (Å²) in [5.74, 6) is 0. The summed E-state index contributed by atoms with van der Waals surface area (Å²) in [6.45, 7) is 9.31. The fourth-order valence-corrected chi connectivity index (χ4v) is 7.81. The molecule has 0 rings (SSSR count). The van der Waals surface area contributed by atoms with E-state index in [1.807, 2.05) is 0 Å². The second-order valence-corrected chi connectivity index (χ2v) is 13.4.